The number of Topliss-reactive ketones (excluding diaryl/α,β-unsaturated/α-hetero) is 2. The fourth-order valence-corrected chi connectivity index (χ4v) is 1.16. The van der Waals surface area contributed by atoms with Crippen molar-refractivity contribution in [3.63, 3.8) is 0 Å². The molecule has 0 aromatic heterocycles. The van der Waals surface area contributed by atoms with E-state index in [9.17, 15) is 19.7 Å². The summed E-state index contributed by atoms with van der Waals surface area (Å²) in [6, 6.07) is 5.37. The van der Waals surface area contributed by atoms with Crippen molar-refractivity contribution in [1.29, 1.82) is 0 Å². The lowest BCUT2D eigenvalue weighted by molar-refractivity contribution is -0.384. The van der Waals surface area contributed by atoms with Gasteiger partial charge in [0.25, 0.3) is 5.69 Å². The highest BCUT2D eigenvalue weighted by molar-refractivity contribution is 5.98. The van der Waals surface area contributed by atoms with Crippen LogP contribution < -0.4 is 4.74 Å². The second-order valence-electron chi connectivity index (χ2n) is 3.46. The molecule has 6 nitrogen and oxygen atoms in total. The molecule has 0 aliphatic heterocycles. The Hall–Kier alpha value is -2.24. The largest absolute Gasteiger partial charge is 0.486 e. The predicted molar refractivity (Wildman–Crippen MR) is 58.9 cm³/mol. The molecule has 0 saturated heterocycles. The summed E-state index contributed by atoms with van der Waals surface area (Å²) in [5.74, 6) is -0.189. The fourth-order valence-electron chi connectivity index (χ4n) is 1.16. The minimum absolute atomic E-state index is 0.0487. The molecule has 0 aliphatic rings. The van der Waals surface area contributed by atoms with Gasteiger partial charge in [-0.1, -0.05) is 0 Å². The first-order valence-corrected chi connectivity index (χ1v) is 4.87. The van der Waals surface area contributed by atoms with E-state index >= 15 is 0 Å². The Labute approximate surface area is 97.3 Å². The summed E-state index contributed by atoms with van der Waals surface area (Å²) >= 11 is 0. The van der Waals surface area contributed by atoms with Gasteiger partial charge in [-0.3, -0.25) is 19.7 Å². The topological polar surface area (TPSA) is 86.5 Å². The zero-order valence-corrected chi connectivity index (χ0v) is 9.21. The molecule has 1 rings (SSSR count). The summed E-state index contributed by atoms with van der Waals surface area (Å²) in [5, 5.41) is 10.4. The third-order valence-corrected chi connectivity index (χ3v) is 1.89. The van der Waals surface area contributed by atoms with E-state index in [0.717, 1.165) is 0 Å². The molecule has 0 radical (unpaired) electrons. The van der Waals surface area contributed by atoms with Crippen LogP contribution in [0.3, 0.4) is 0 Å². The fraction of sp³-hybridized carbons (Fsp3) is 0.273. The van der Waals surface area contributed by atoms with Crippen LogP contribution in [0.1, 0.15) is 13.3 Å². The van der Waals surface area contributed by atoms with Gasteiger partial charge in [-0.15, -0.1) is 0 Å². The van der Waals surface area contributed by atoms with Crippen molar-refractivity contribution in [1.82, 2.24) is 0 Å². The second-order valence-corrected chi connectivity index (χ2v) is 3.46. The van der Waals surface area contributed by atoms with Crippen molar-refractivity contribution in [2.24, 2.45) is 0 Å². The summed E-state index contributed by atoms with van der Waals surface area (Å²) in [4.78, 5) is 31.6. The first kappa shape index (κ1) is 12.8. The molecule has 17 heavy (non-hydrogen) atoms. The molecule has 90 valence electrons. The van der Waals surface area contributed by atoms with Crippen LogP contribution in [0.2, 0.25) is 0 Å². The van der Waals surface area contributed by atoms with Gasteiger partial charge in [0.1, 0.15) is 18.1 Å². The summed E-state index contributed by atoms with van der Waals surface area (Å²) < 4.78 is 5.08. The van der Waals surface area contributed by atoms with E-state index in [0.29, 0.717) is 5.75 Å². The van der Waals surface area contributed by atoms with Crippen molar-refractivity contribution in [3.05, 3.63) is 34.4 Å². The van der Waals surface area contributed by atoms with Crippen molar-refractivity contribution in [3.8, 4) is 5.75 Å². The number of hydrogen-bond donors (Lipinski definition) is 0. The number of nitrogens with zero attached hydrogens (tertiary/aromatic N) is 1. The molecule has 0 aliphatic carbocycles. The van der Waals surface area contributed by atoms with Crippen LogP contribution in [-0.4, -0.2) is 23.1 Å². The molecule has 0 atom stereocenters. The zero-order valence-electron chi connectivity index (χ0n) is 9.21. The highest BCUT2D eigenvalue weighted by Gasteiger charge is 2.08. The minimum atomic E-state index is -0.523. The van der Waals surface area contributed by atoms with Gasteiger partial charge in [-0.2, -0.15) is 0 Å². The molecule has 0 heterocycles. The number of non-ortho nitro benzene ring substituents is 1. The van der Waals surface area contributed by atoms with Gasteiger partial charge in [-0.05, 0) is 19.1 Å². The van der Waals surface area contributed by atoms with Crippen molar-refractivity contribution in [2.75, 3.05) is 6.61 Å². The van der Waals surface area contributed by atoms with E-state index in [-0.39, 0.29) is 30.3 Å². The Bertz CT molecular complexity index is 438. The standard InChI is InChI=1S/C11H11NO5/c1-8(13)6-10(14)7-17-11-4-2-9(3-5-11)12(15)16/h2-5H,6-7H2,1H3. The zero-order chi connectivity index (χ0) is 12.8. The SMILES string of the molecule is CC(=O)CC(=O)COc1ccc([N+](=O)[O-])cc1. The Morgan fingerprint density at radius 1 is 1.29 bits per heavy atom. The van der Waals surface area contributed by atoms with Crippen molar-refractivity contribution >= 4 is 17.3 Å². The number of hydrogen-bond acceptors (Lipinski definition) is 5. The number of nitro groups is 1. The molecule has 0 fully saturated rings. The summed E-state index contributed by atoms with van der Waals surface area (Å²) in [6.07, 6.45) is -0.160. The van der Waals surface area contributed by atoms with Crippen LogP contribution in [0, 0.1) is 10.1 Å². The van der Waals surface area contributed by atoms with Crippen LogP contribution >= 0.6 is 0 Å². The molecule has 0 saturated carbocycles. The predicted octanol–water partition coefficient (Wildman–Crippen LogP) is 1.52. The highest BCUT2D eigenvalue weighted by Crippen LogP contribution is 2.17. The monoisotopic (exact) mass is 237 g/mol. The lowest BCUT2D eigenvalue weighted by Gasteiger charge is -2.03. The number of nitro benzene ring substituents is 1. The summed E-state index contributed by atoms with van der Waals surface area (Å²) in [7, 11) is 0. The van der Waals surface area contributed by atoms with E-state index in [1.165, 1.54) is 31.2 Å². The lowest BCUT2D eigenvalue weighted by Crippen LogP contribution is -2.14. The van der Waals surface area contributed by atoms with E-state index in [4.69, 9.17) is 4.74 Å². The summed E-state index contributed by atoms with van der Waals surface area (Å²) in [5.41, 5.74) is -0.0487. The van der Waals surface area contributed by atoms with E-state index in [1.54, 1.807) is 0 Å². The molecule has 1 aromatic carbocycles. The maximum atomic E-state index is 11.1. The van der Waals surface area contributed by atoms with Gasteiger partial charge >= 0.3 is 0 Å². The Balaban J connectivity index is 2.50. The smallest absolute Gasteiger partial charge is 0.269 e. The molecular weight excluding hydrogens is 226 g/mol. The van der Waals surface area contributed by atoms with Gasteiger partial charge in [0, 0.05) is 12.1 Å². The van der Waals surface area contributed by atoms with E-state index in [1.807, 2.05) is 0 Å². The average molecular weight is 237 g/mol. The normalized spacial score (nSPS) is 9.71. The van der Waals surface area contributed by atoms with Crippen molar-refractivity contribution < 1.29 is 19.2 Å². The van der Waals surface area contributed by atoms with Gasteiger partial charge < -0.3 is 4.74 Å². The van der Waals surface area contributed by atoms with Gasteiger partial charge in [0.2, 0.25) is 0 Å². The quantitative estimate of drug-likeness (QED) is 0.425. The molecule has 0 bridgehead atoms. The first-order chi connectivity index (χ1) is 7.99. The molecular formula is C11H11NO5. The Kier molecular flexibility index (Phi) is 4.33. The number of ether oxygens (including phenoxy) is 1. The Morgan fingerprint density at radius 3 is 2.35 bits per heavy atom. The van der Waals surface area contributed by atoms with Crippen molar-refractivity contribution in [2.45, 2.75) is 13.3 Å². The molecule has 1 aromatic rings. The number of carbonyl (C=O) groups excluding carboxylic acids is 2. The van der Waals surface area contributed by atoms with Gasteiger partial charge in [0.15, 0.2) is 5.78 Å². The van der Waals surface area contributed by atoms with Crippen LogP contribution in [0.4, 0.5) is 5.69 Å². The van der Waals surface area contributed by atoms with Crippen LogP contribution in [0.5, 0.6) is 5.75 Å². The maximum absolute atomic E-state index is 11.1. The van der Waals surface area contributed by atoms with Crippen LogP contribution in [0.15, 0.2) is 24.3 Å². The van der Waals surface area contributed by atoms with E-state index < -0.39 is 4.92 Å². The molecule has 0 N–H and O–H groups in total. The van der Waals surface area contributed by atoms with Gasteiger partial charge in [0.05, 0.1) is 11.3 Å². The lowest BCUT2D eigenvalue weighted by atomic mass is 10.2. The number of carbonyl (C=O) groups is 2. The van der Waals surface area contributed by atoms with Crippen LogP contribution in [0.25, 0.3) is 0 Å². The number of benzene rings is 1. The minimum Gasteiger partial charge on any atom is -0.486 e. The second kappa shape index (κ2) is 5.74. The molecule has 6 heteroatoms. The third kappa shape index (κ3) is 4.42. The maximum Gasteiger partial charge on any atom is 0.269 e. The number of ketones is 2. The number of rotatable bonds is 6. The highest BCUT2D eigenvalue weighted by atomic mass is 16.6. The van der Waals surface area contributed by atoms with E-state index in [2.05, 4.69) is 0 Å². The average Bonchev–Trinajstić information content (AvgIpc) is 2.26. The third-order valence-electron chi connectivity index (χ3n) is 1.89. The molecule has 0 unspecified atom stereocenters. The Morgan fingerprint density at radius 2 is 1.88 bits per heavy atom. The molecule has 0 amide bonds. The van der Waals surface area contributed by atoms with Crippen LogP contribution in [-0.2, 0) is 9.59 Å². The molecule has 0 spiro atoms. The van der Waals surface area contributed by atoms with Gasteiger partial charge in [-0.25, -0.2) is 0 Å². The first-order valence-electron chi connectivity index (χ1n) is 4.87. The summed E-state index contributed by atoms with van der Waals surface area (Å²) in [6.45, 7) is 1.11.